The zero-order valence-corrected chi connectivity index (χ0v) is 15.8. The highest BCUT2D eigenvalue weighted by molar-refractivity contribution is 7.80. The van der Waals surface area contributed by atoms with Crippen molar-refractivity contribution in [2.24, 2.45) is 10.8 Å². The third-order valence-corrected chi connectivity index (χ3v) is 4.28. The van der Waals surface area contributed by atoms with Gasteiger partial charge in [0.2, 0.25) is 0 Å². The molecule has 0 saturated carbocycles. The van der Waals surface area contributed by atoms with Gasteiger partial charge < -0.3 is 15.9 Å². The van der Waals surface area contributed by atoms with E-state index < -0.39 is 5.97 Å². The van der Waals surface area contributed by atoms with Gasteiger partial charge in [0.25, 0.3) is 0 Å². The van der Waals surface area contributed by atoms with E-state index in [-0.39, 0.29) is 22.2 Å². The summed E-state index contributed by atoms with van der Waals surface area (Å²) in [6.07, 6.45) is 1.38. The number of aromatic carboxylic acids is 1. The summed E-state index contributed by atoms with van der Waals surface area (Å²) in [7, 11) is 0. The molecule has 3 aromatic carbocycles. The number of anilines is 1. The maximum absolute atomic E-state index is 13.2. The maximum atomic E-state index is 13.2. The van der Waals surface area contributed by atoms with Crippen LogP contribution in [0.2, 0.25) is 0 Å². The Kier molecular flexibility index (Phi) is 5.85. The lowest BCUT2D eigenvalue weighted by atomic mass is 10.0. The summed E-state index contributed by atoms with van der Waals surface area (Å²) < 4.78 is 13.2. The number of phenols is 1. The number of nitrogens with zero attached hydrogens (tertiary/aromatic N) is 2. The summed E-state index contributed by atoms with van der Waals surface area (Å²) in [5.41, 5.74) is 7.88. The minimum atomic E-state index is -1.05. The second-order valence-corrected chi connectivity index (χ2v) is 6.42. The van der Waals surface area contributed by atoms with E-state index in [2.05, 4.69) is 5.10 Å². The van der Waals surface area contributed by atoms with Gasteiger partial charge in [-0.2, -0.15) is 5.10 Å². The van der Waals surface area contributed by atoms with Crippen LogP contribution in [-0.2, 0) is 0 Å². The number of carbonyl (C=O) groups is 1. The van der Waals surface area contributed by atoms with Gasteiger partial charge in [0.1, 0.15) is 11.6 Å². The molecule has 0 amide bonds. The molecule has 0 unspecified atom stereocenters. The average molecular weight is 409 g/mol. The summed E-state index contributed by atoms with van der Waals surface area (Å²) in [5, 5.41) is 25.0. The van der Waals surface area contributed by atoms with Crippen molar-refractivity contribution < 1.29 is 19.4 Å². The number of para-hydroxylation sites is 1. The van der Waals surface area contributed by atoms with Crippen molar-refractivity contribution in [1.82, 2.24) is 0 Å². The van der Waals surface area contributed by atoms with Crippen LogP contribution < -0.4 is 10.7 Å². The summed E-state index contributed by atoms with van der Waals surface area (Å²) in [5.74, 6) is -1.46. The van der Waals surface area contributed by atoms with Crippen LogP contribution in [0.1, 0.15) is 15.9 Å². The van der Waals surface area contributed by atoms with Crippen LogP contribution >= 0.6 is 12.2 Å². The number of halogens is 1. The van der Waals surface area contributed by atoms with Gasteiger partial charge >= 0.3 is 5.97 Å². The number of hydrazone groups is 1. The molecule has 0 atom stereocenters. The Bertz CT molecular complexity index is 1080. The molecule has 3 aromatic rings. The highest BCUT2D eigenvalue weighted by Gasteiger charge is 2.11. The van der Waals surface area contributed by atoms with Crippen molar-refractivity contribution in [3.05, 3.63) is 83.7 Å². The molecule has 6 nitrogen and oxygen atoms in total. The van der Waals surface area contributed by atoms with Crippen molar-refractivity contribution in [3.8, 4) is 16.9 Å². The average Bonchev–Trinajstić information content (AvgIpc) is 2.70. The van der Waals surface area contributed by atoms with Crippen LogP contribution in [0.4, 0.5) is 10.1 Å². The van der Waals surface area contributed by atoms with Crippen molar-refractivity contribution in [2.75, 3.05) is 5.01 Å². The van der Waals surface area contributed by atoms with E-state index in [0.29, 0.717) is 22.4 Å². The van der Waals surface area contributed by atoms with E-state index in [1.165, 1.54) is 47.6 Å². The summed E-state index contributed by atoms with van der Waals surface area (Å²) in [6.45, 7) is 0. The first-order valence-corrected chi connectivity index (χ1v) is 8.82. The van der Waals surface area contributed by atoms with Gasteiger partial charge in [-0.15, -0.1) is 0 Å². The summed E-state index contributed by atoms with van der Waals surface area (Å²) in [4.78, 5) is 11.0. The number of phenolic OH excluding ortho intramolecular Hbond substituents is 1. The Morgan fingerprint density at radius 2 is 1.72 bits per heavy atom. The molecule has 0 bridgehead atoms. The highest BCUT2D eigenvalue weighted by atomic mass is 32.1. The largest absolute Gasteiger partial charge is 0.507 e. The molecule has 4 N–H and O–H groups in total. The summed E-state index contributed by atoms with van der Waals surface area (Å²) in [6, 6.07) is 16.7. The fraction of sp³-hybridized carbons (Fsp3) is 0. The molecule has 0 aliphatic carbocycles. The van der Waals surface area contributed by atoms with Crippen LogP contribution in [0.5, 0.6) is 5.75 Å². The fourth-order valence-electron chi connectivity index (χ4n) is 2.64. The smallest absolute Gasteiger partial charge is 0.335 e. The van der Waals surface area contributed by atoms with Gasteiger partial charge in [0.05, 0.1) is 17.5 Å². The Morgan fingerprint density at radius 3 is 2.31 bits per heavy atom. The molecule has 0 aliphatic rings. The van der Waals surface area contributed by atoms with E-state index in [1.54, 1.807) is 30.3 Å². The number of carboxylic acid groups (broad SMARTS) is 1. The van der Waals surface area contributed by atoms with Gasteiger partial charge in [-0.1, -0.05) is 24.3 Å². The molecule has 3 rings (SSSR count). The molecule has 29 heavy (non-hydrogen) atoms. The van der Waals surface area contributed by atoms with Crippen LogP contribution in [-0.4, -0.2) is 27.5 Å². The van der Waals surface area contributed by atoms with Gasteiger partial charge in [-0.05, 0) is 60.2 Å². The Balaban J connectivity index is 1.92. The number of benzene rings is 3. The molecule has 0 radical (unpaired) electrons. The lowest BCUT2D eigenvalue weighted by Crippen LogP contribution is -2.31. The number of carboxylic acids is 1. The minimum Gasteiger partial charge on any atom is -0.507 e. The lowest BCUT2D eigenvalue weighted by molar-refractivity contribution is 0.0697. The van der Waals surface area contributed by atoms with Gasteiger partial charge in [-0.25, -0.2) is 14.2 Å². The van der Waals surface area contributed by atoms with Gasteiger partial charge in [0, 0.05) is 11.1 Å². The van der Waals surface area contributed by atoms with E-state index >= 15 is 0 Å². The Morgan fingerprint density at radius 1 is 1.07 bits per heavy atom. The molecule has 0 saturated heterocycles. The number of aromatic hydroxyl groups is 1. The zero-order valence-electron chi connectivity index (χ0n) is 15.0. The summed E-state index contributed by atoms with van der Waals surface area (Å²) >= 11 is 5.02. The normalized spacial score (nSPS) is 10.8. The molecule has 8 heteroatoms. The number of thiocarbonyl (C=S) groups is 1. The first-order valence-electron chi connectivity index (χ1n) is 8.41. The minimum absolute atomic E-state index is 0.0352. The third kappa shape index (κ3) is 4.56. The zero-order chi connectivity index (χ0) is 21.0. The van der Waals surface area contributed by atoms with Crippen molar-refractivity contribution in [1.29, 1.82) is 0 Å². The van der Waals surface area contributed by atoms with Crippen molar-refractivity contribution in [3.63, 3.8) is 0 Å². The van der Waals surface area contributed by atoms with Crippen LogP contribution in [0.25, 0.3) is 11.1 Å². The SMILES string of the molecule is NC(=S)N(N=Cc1cccc(-c2ccc(F)cc2)c1O)c1ccc(C(=O)O)cc1. The van der Waals surface area contributed by atoms with Crippen LogP contribution in [0, 0.1) is 5.82 Å². The Labute approximate surface area is 171 Å². The van der Waals surface area contributed by atoms with E-state index in [9.17, 15) is 14.3 Å². The first kappa shape index (κ1) is 20.0. The molecular formula is C21H16FN3O3S. The van der Waals surface area contributed by atoms with E-state index in [1.807, 2.05) is 0 Å². The molecule has 0 aliphatic heterocycles. The van der Waals surface area contributed by atoms with Crippen molar-refractivity contribution >= 4 is 35.2 Å². The Hall–Kier alpha value is -3.78. The monoisotopic (exact) mass is 409 g/mol. The van der Waals surface area contributed by atoms with Crippen LogP contribution in [0.3, 0.4) is 0 Å². The highest BCUT2D eigenvalue weighted by Crippen LogP contribution is 2.31. The van der Waals surface area contributed by atoms with Crippen molar-refractivity contribution in [2.45, 2.75) is 0 Å². The predicted molar refractivity (Wildman–Crippen MR) is 114 cm³/mol. The number of rotatable bonds is 5. The maximum Gasteiger partial charge on any atom is 0.335 e. The second-order valence-electron chi connectivity index (χ2n) is 6.00. The number of nitrogens with two attached hydrogens (primary N) is 1. The molecule has 0 spiro atoms. The van der Waals surface area contributed by atoms with Gasteiger partial charge in [-0.3, -0.25) is 0 Å². The third-order valence-electron chi connectivity index (χ3n) is 4.10. The topological polar surface area (TPSA) is 99.1 Å². The molecule has 0 heterocycles. The first-order chi connectivity index (χ1) is 13.9. The van der Waals surface area contributed by atoms with E-state index in [0.717, 1.165) is 0 Å². The lowest BCUT2D eigenvalue weighted by Gasteiger charge is -2.17. The predicted octanol–water partition coefficient (Wildman–Crippen LogP) is 3.98. The standard InChI is InChI=1S/C21H16FN3O3S/c22-16-8-4-13(5-9-16)18-3-1-2-15(19(18)26)12-24-25(21(23)29)17-10-6-14(7-11-17)20(27)28/h1-12,26H,(H2,23,29)(H,27,28). The van der Waals surface area contributed by atoms with E-state index in [4.69, 9.17) is 23.1 Å². The molecular weight excluding hydrogens is 393 g/mol. The number of hydrogen-bond acceptors (Lipinski definition) is 4. The molecule has 146 valence electrons. The second kappa shape index (κ2) is 8.49. The molecule has 0 aromatic heterocycles. The van der Waals surface area contributed by atoms with Crippen LogP contribution in [0.15, 0.2) is 71.8 Å². The quantitative estimate of drug-likeness (QED) is 0.335. The molecule has 0 fully saturated rings. The number of hydrogen-bond donors (Lipinski definition) is 3. The van der Waals surface area contributed by atoms with Gasteiger partial charge in [0.15, 0.2) is 5.11 Å². The fourth-order valence-corrected chi connectivity index (χ4v) is 2.80.